The largest absolute Gasteiger partial charge is 0.481 e. The number of carbonyl (C=O) groups excluding carboxylic acids is 3. The maximum atomic E-state index is 12.4. The highest BCUT2D eigenvalue weighted by Crippen LogP contribution is 2.60. The van der Waals surface area contributed by atoms with Crippen molar-refractivity contribution >= 4 is 50.9 Å². The van der Waals surface area contributed by atoms with Crippen molar-refractivity contribution in [1.29, 1.82) is 0 Å². The van der Waals surface area contributed by atoms with Crippen LogP contribution in [0.25, 0.3) is 0 Å². The summed E-state index contributed by atoms with van der Waals surface area (Å²) in [7, 11) is 0. The quantitative estimate of drug-likeness (QED) is 0.333. The van der Waals surface area contributed by atoms with E-state index in [0.29, 0.717) is 25.7 Å². The Morgan fingerprint density at radius 3 is 1.08 bits per heavy atom. The lowest BCUT2D eigenvalue weighted by Gasteiger charge is -2.33. The van der Waals surface area contributed by atoms with Gasteiger partial charge in [0.25, 0.3) is 12.2 Å². The fraction of sp³-hybridized carbons (Fsp3) is 0.840. The number of carboxylic acid groups (broad SMARTS) is 1. The van der Waals surface area contributed by atoms with E-state index >= 15 is 0 Å². The third-order valence-corrected chi connectivity index (χ3v) is 8.83. The summed E-state index contributed by atoms with van der Waals surface area (Å²) in [4.78, 5) is 46.9. The van der Waals surface area contributed by atoms with Crippen LogP contribution < -0.4 is 0 Å². The number of nitrogens with zero attached hydrogens (tertiary/aromatic N) is 2. The number of ether oxygens (including phenoxy) is 2. The second kappa shape index (κ2) is 14.8. The zero-order valence-corrected chi connectivity index (χ0v) is 26.7. The molecule has 48 heavy (non-hydrogen) atoms. The molecule has 2 heterocycles. The molecule has 9 nitrogen and oxygen atoms in total. The molecule has 2 spiro atoms. The Morgan fingerprint density at radius 2 is 0.875 bits per heavy atom. The molecule has 4 aliphatic rings. The van der Waals surface area contributed by atoms with Gasteiger partial charge in [0.05, 0.1) is 5.92 Å². The van der Waals surface area contributed by atoms with Gasteiger partial charge in [-0.1, -0.05) is 0 Å². The molecule has 0 unspecified atom stereocenters. The summed E-state index contributed by atoms with van der Waals surface area (Å²) in [5, 5.41) is 8.89. The first-order chi connectivity index (χ1) is 20.7. The highest BCUT2D eigenvalue weighted by atomic mass is 32.1. The van der Waals surface area contributed by atoms with Gasteiger partial charge in [0.1, 0.15) is 5.78 Å². The predicted molar refractivity (Wildman–Crippen MR) is 147 cm³/mol. The van der Waals surface area contributed by atoms with Crippen molar-refractivity contribution in [2.75, 3.05) is 26.2 Å². The van der Waals surface area contributed by atoms with Crippen molar-refractivity contribution in [2.24, 2.45) is 22.7 Å². The summed E-state index contributed by atoms with van der Waals surface area (Å²) < 4.78 is 155. The number of piperidine rings is 2. The van der Waals surface area contributed by atoms with Crippen molar-refractivity contribution < 1.29 is 86.4 Å². The normalized spacial score (nSPS) is 23.0. The Labute approximate surface area is 278 Å². The second-order valence-corrected chi connectivity index (χ2v) is 11.9. The van der Waals surface area contributed by atoms with Gasteiger partial charge in [0, 0.05) is 32.1 Å². The average Bonchev–Trinajstić information content (AvgIpc) is 3.79. The molecular formula is C25H32F12N2O7S2. The molecule has 0 bridgehead atoms. The summed E-state index contributed by atoms with van der Waals surface area (Å²) in [5.74, 6) is -1.68. The standard InChI is InChI=1S/C13H15F6NO3.C12H13F6NO4.2H2S/c1-7(21)8-6-11(8)2-4-20(5-3-11)10(22)23-9(12(14,15)16)13(17,18)19;13-11(14,15)8(12(16,17)18)23-9(22)19-3-1-10(2-4-19)5-6(10)7(20)21;;/h8-9H,2-6H2,1H3;6,8H,1-5H2,(H,20,21);2*1H2/t8-;6-;;/m11../s1. The van der Waals surface area contributed by atoms with Crippen molar-refractivity contribution in [2.45, 2.75) is 82.4 Å². The van der Waals surface area contributed by atoms with Crippen LogP contribution >= 0.6 is 27.0 Å². The third-order valence-electron chi connectivity index (χ3n) is 8.83. The number of rotatable bonds is 4. The maximum absolute atomic E-state index is 12.4. The first kappa shape index (κ1) is 43.6. The van der Waals surface area contributed by atoms with E-state index in [1.165, 1.54) is 6.92 Å². The fourth-order valence-electron chi connectivity index (χ4n) is 5.98. The Hall–Kier alpha value is -2.46. The Morgan fingerprint density at radius 1 is 0.604 bits per heavy atom. The van der Waals surface area contributed by atoms with E-state index in [1.54, 1.807) is 0 Å². The number of Topliss-reactive ketones (excluding diaryl/α,β-unsaturated/α-hetero) is 1. The lowest BCUT2D eigenvalue weighted by atomic mass is 9.90. The molecule has 23 heteroatoms. The van der Waals surface area contributed by atoms with Crippen molar-refractivity contribution in [1.82, 2.24) is 9.80 Å². The molecule has 4 rings (SSSR count). The number of amides is 2. The molecule has 1 N–H and O–H groups in total. The van der Waals surface area contributed by atoms with Gasteiger partial charge in [0.2, 0.25) is 0 Å². The number of ketones is 1. The van der Waals surface area contributed by atoms with E-state index in [-0.39, 0.29) is 83.1 Å². The van der Waals surface area contributed by atoms with Crippen molar-refractivity contribution in [3.63, 3.8) is 0 Å². The molecule has 2 aliphatic heterocycles. The number of hydrogen-bond acceptors (Lipinski definition) is 6. The van der Waals surface area contributed by atoms with Crippen LogP contribution in [0.5, 0.6) is 0 Å². The minimum atomic E-state index is -5.75. The molecular weight excluding hydrogens is 732 g/mol. The number of halogens is 12. The summed E-state index contributed by atoms with van der Waals surface area (Å²) >= 11 is 0. The Bertz CT molecular complexity index is 1060. The van der Waals surface area contributed by atoms with Gasteiger partial charge in [-0.2, -0.15) is 79.7 Å². The van der Waals surface area contributed by atoms with Gasteiger partial charge >= 0.3 is 42.9 Å². The lowest BCUT2D eigenvalue weighted by Crippen LogP contribution is -2.49. The number of hydrogen-bond donors (Lipinski definition) is 1. The lowest BCUT2D eigenvalue weighted by molar-refractivity contribution is -0.309. The van der Waals surface area contributed by atoms with E-state index in [9.17, 15) is 71.9 Å². The Balaban J connectivity index is 0.000000461. The number of carbonyl (C=O) groups is 4. The summed E-state index contributed by atoms with van der Waals surface area (Å²) in [6, 6.07) is 0. The van der Waals surface area contributed by atoms with Crippen molar-refractivity contribution in [3.05, 3.63) is 0 Å². The van der Waals surface area contributed by atoms with E-state index in [4.69, 9.17) is 5.11 Å². The molecule has 2 atom stereocenters. The van der Waals surface area contributed by atoms with E-state index in [2.05, 4.69) is 9.47 Å². The van der Waals surface area contributed by atoms with Crippen LogP contribution in [0.1, 0.15) is 45.4 Å². The van der Waals surface area contributed by atoms with Crippen LogP contribution in [0.15, 0.2) is 0 Å². The van der Waals surface area contributed by atoms with Crippen LogP contribution in [-0.2, 0) is 19.1 Å². The van der Waals surface area contributed by atoms with Gasteiger partial charge in [-0.15, -0.1) is 0 Å². The fourth-order valence-corrected chi connectivity index (χ4v) is 5.98. The molecule has 4 fully saturated rings. The molecule has 2 saturated carbocycles. The minimum Gasteiger partial charge on any atom is -0.481 e. The van der Waals surface area contributed by atoms with Gasteiger partial charge in [-0.05, 0) is 56.3 Å². The topological polar surface area (TPSA) is 113 Å². The average molecular weight is 765 g/mol. The van der Waals surface area contributed by atoms with Crippen molar-refractivity contribution in [3.8, 4) is 0 Å². The van der Waals surface area contributed by atoms with E-state index < -0.39 is 66.4 Å². The third kappa shape index (κ3) is 10.3. The van der Waals surface area contributed by atoms with Crippen LogP contribution in [0.3, 0.4) is 0 Å². The Kier molecular flexibility index (Phi) is 13.4. The van der Waals surface area contributed by atoms with Gasteiger partial charge < -0.3 is 24.4 Å². The smallest absolute Gasteiger partial charge is 0.434 e. The maximum Gasteiger partial charge on any atom is 0.434 e. The molecule has 0 aromatic rings. The van der Waals surface area contributed by atoms with Crippen LogP contribution in [0, 0.1) is 22.7 Å². The van der Waals surface area contributed by atoms with E-state index in [1.807, 2.05) is 0 Å². The first-order valence-electron chi connectivity index (χ1n) is 13.6. The number of likely N-dealkylation sites (tertiary alicyclic amines) is 2. The second-order valence-electron chi connectivity index (χ2n) is 11.9. The van der Waals surface area contributed by atoms with Crippen LogP contribution in [0.4, 0.5) is 62.3 Å². The summed E-state index contributed by atoms with van der Waals surface area (Å²) in [6.45, 7) is 1.13. The molecule has 0 aromatic heterocycles. The zero-order valence-electron chi connectivity index (χ0n) is 24.7. The molecule has 280 valence electrons. The summed E-state index contributed by atoms with van der Waals surface area (Å²) in [5.41, 5.74) is -0.758. The highest BCUT2D eigenvalue weighted by molar-refractivity contribution is 7.59. The SMILES string of the molecule is CC(=O)[C@H]1CC12CCN(C(=O)OC(C(F)(F)F)C(F)(F)F)CC2.O=C(O)[C@H]1CC12CCN(C(=O)OC(C(F)(F)F)C(F)(F)F)CC2.S.S. The monoisotopic (exact) mass is 764 g/mol. The summed E-state index contributed by atoms with van der Waals surface area (Å²) in [6.07, 6.45) is -32.4. The zero-order chi connectivity index (χ0) is 35.3. The van der Waals surface area contributed by atoms with Gasteiger partial charge in [0.15, 0.2) is 0 Å². The van der Waals surface area contributed by atoms with Crippen LogP contribution in [0.2, 0.25) is 0 Å². The number of alkyl halides is 12. The van der Waals surface area contributed by atoms with Gasteiger partial charge in [-0.3, -0.25) is 9.59 Å². The van der Waals surface area contributed by atoms with Gasteiger partial charge in [-0.25, -0.2) is 9.59 Å². The number of carboxylic acids is 1. The molecule has 2 saturated heterocycles. The number of aliphatic carboxylic acids is 1. The first-order valence-corrected chi connectivity index (χ1v) is 13.6. The predicted octanol–water partition coefficient (Wildman–Crippen LogP) is 6.34. The van der Waals surface area contributed by atoms with Crippen LogP contribution in [-0.4, -0.2) is 102 Å². The molecule has 0 aromatic carbocycles. The minimum absolute atomic E-state index is 0. The molecule has 0 radical (unpaired) electrons. The highest BCUT2D eigenvalue weighted by Gasteiger charge is 2.63. The molecule has 2 amide bonds. The van der Waals surface area contributed by atoms with E-state index in [0.717, 1.165) is 9.80 Å². The molecule has 2 aliphatic carbocycles.